The van der Waals surface area contributed by atoms with Crippen LogP contribution in [-0.4, -0.2) is 37.7 Å². The summed E-state index contributed by atoms with van der Waals surface area (Å²) in [4.78, 5) is 20.2. The van der Waals surface area contributed by atoms with Crippen LogP contribution in [0.25, 0.3) is 49.9 Å². The number of hydrogen-bond donors (Lipinski definition) is 4. The number of carbonyl (C=O) groups excluding carboxylic acids is 1. The molecule has 0 aliphatic rings. The molecule has 0 bridgehead atoms. The third kappa shape index (κ3) is 4.05. The predicted octanol–water partition coefficient (Wildman–Crippen LogP) is 5.75. The molecule has 1 amide bonds. The molecular weight excluding hydrogens is 481 g/mol. The van der Waals surface area contributed by atoms with E-state index in [1.807, 2.05) is 48.5 Å². The quantitative estimate of drug-likeness (QED) is 0.230. The Morgan fingerprint density at radius 1 is 1.05 bits per heavy atom. The van der Waals surface area contributed by atoms with E-state index in [2.05, 4.69) is 20.9 Å². The summed E-state index contributed by atoms with van der Waals surface area (Å²) in [5.74, 6) is -0.229. The third-order valence-electron chi connectivity index (χ3n) is 6.63. The van der Waals surface area contributed by atoms with Crippen molar-refractivity contribution in [1.29, 1.82) is 0 Å². The number of fused-ring (bicyclic) bond motifs is 4. The van der Waals surface area contributed by atoms with Gasteiger partial charge in [-0.25, -0.2) is 9.37 Å². The molecule has 6 rings (SSSR count). The lowest BCUT2D eigenvalue weighted by Crippen LogP contribution is -2.30. The molecule has 0 aliphatic carbocycles. The number of para-hydroxylation sites is 1. The number of amides is 1. The van der Waals surface area contributed by atoms with Crippen molar-refractivity contribution in [1.82, 2.24) is 14.5 Å². The van der Waals surface area contributed by atoms with E-state index in [1.165, 1.54) is 12.1 Å². The predicted molar refractivity (Wildman–Crippen MR) is 149 cm³/mol. The number of primary amides is 1. The molecule has 0 fully saturated rings. The van der Waals surface area contributed by atoms with E-state index < -0.39 is 11.5 Å². The van der Waals surface area contributed by atoms with Crippen LogP contribution in [0.4, 0.5) is 10.1 Å². The average Bonchev–Trinajstić information content (AvgIpc) is 3.45. The van der Waals surface area contributed by atoms with Gasteiger partial charge in [0.15, 0.2) is 0 Å². The normalized spacial score (nSPS) is 12.0. The highest BCUT2D eigenvalue weighted by Gasteiger charge is 2.20. The number of anilines is 1. The van der Waals surface area contributed by atoms with Crippen LogP contribution < -0.4 is 11.1 Å². The Hall–Kier alpha value is -4.69. The first-order chi connectivity index (χ1) is 18.2. The fourth-order valence-electron chi connectivity index (χ4n) is 4.95. The van der Waals surface area contributed by atoms with Crippen molar-refractivity contribution in [3.63, 3.8) is 0 Å². The smallest absolute Gasteiger partial charge is 0.250 e. The van der Waals surface area contributed by atoms with E-state index in [1.54, 1.807) is 26.0 Å². The number of rotatable bonds is 6. The zero-order chi connectivity index (χ0) is 26.6. The summed E-state index contributed by atoms with van der Waals surface area (Å²) in [7, 11) is 0. The molecular formula is C30H26FN5O2. The van der Waals surface area contributed by atoms with Crippen molar-refractivity contribution in [3.8, 4) is 17.1 Å². The van der Waals surface area contributed by atoms with Gasteiger partial charge in [0.25, 0.3) is 5.91 Å². The molecule has 4 aromatic carbocycles. The van der Waals surface area contributed by atoms with Crippen molar-refractivity contribution in [2.45, 2.75) is 19.4 Å². The Morgan fingerprint density at radius 3 is 2.63 bits per heavy atom. The molecule has 6 aromatic rings. The third-order valence-corrected chi connectivity index (χ3v) is 6.63. The fraction of sp³-hybridized carbons (Fsp3) is 0.133. The van der Waals surface area contributed by atoms with Gasteiger partial charge in [0.2, 0.25) is 0 Å². The van der Waals surface area contributed by atoms with Crippen LogP contribution in [0.1, 0.15) is 24.2 Å². The maximum absolute atomic E-state index is 13.8. The van der Waals surface area contributed by atoms with Gasteiger partial charge in [-0.15, -0.1) is 0 Å². The Morgan fingerprint density at radius 2 is 1.84 bits per heavy atom. The number of aliphatic hydroxyl groups is 1. The molecule has 38 heavy (non-hydrogen) atoms. The molecule has 0 aliphatic heterocycles. The monoisotopic (exact) mass is 507 g/mol. The maximum Gasteiger partial charge on any atom is 0.250 e. The molecule has 0 spiro atoms. The van der Waals surface area contributed by atoms with E-state index in [9.17, 15) is 14.3 Å². The van der Waals surface area contributed by atoms with Gasteiger partial charge < -0.3 is 25.7 Å². The van der Waals surface area contributed by atoms with Crippen molar-refractivity contribution in [2.75, 3.05) is 11.9 Å². The first-order valence-electron chi connectivity index (χ1n) is 12.3. The largest absolute Gasteiger partial charge is 0.389 e. The molecule has 0 saturated heterocycles. The second-order valence-electron chi connectivity index (χ2n) is 10.1. The molecule has 2 aromatic heterocycles. The van der Waals surface area contributed by atoms with Crippen LogP contribution in [0.3, 0.4) is 0 Å². The lowest BCUT2D eigenvalue weighted by molar-refractivity contribution is 0.0939. The number of nitrogens with one attached hydrogen (secondary N) is 2. The van der Waals surface area contributed by atoms with Crippen LogP contribution in [0, 0.1) is 5.82 Å². The van der Waals surface area contributed by atoms with E-state index in [0.29, 0.717) is 28.1 Å². The molecule has 190 valence electrons. The second-order valence-corrected chi connectivity index (χ2v) is 10.1. The van der Waals surface area contributed by atoms with Crippen LogP contribution in [0.5, 0.6) is 0 Å². The standard InChI is InChI=1S/C30H26FN5O2/c1-30(2,38)16-33-23-15-18(11-12-19(23)28(32)37)36-25-8-4-3-6-20(25)27-21(7-5-9-26(27)36)29-34-22-13-10-17(31)14-24(22)35-29/h3-15,33,38H,16H2,1-2H3,(H2,32,37)(H,34,35). The van der Waals surface area contributed by atoms with E-state index in [4.69, 9.17) is 10.7 Å². The number of nitrogens with two attached hydrogens (primary N) is 1. The van der Waals surface area contributed by atoms with E-state index >= 15 is 0 Å². The minimum absolute atomic E-state index is 0.237. The molecule has 7 nitrogen and oxygen atoms in total. The first-order valence-corrected chi connectivity index (χ1v) is 12.3. The number of halogens is 1. The zero-order valence-corrected chi connectivity index (χ0v) is 20.9. The molecule has 8 heteroatoms. The van der Waals surface area contributed by atoms with Gasteiger partial charge in [0, 0.05) is 34.3 Å². The van der Waals surface area contributed by atoms with Crippen LogP contribution in [0.2, 0.25) is 0 Å². The minimum Gasteiger partial charge on any atom is -0.389 e. The van der Waals surface area contributed by atoms with Gasteiger partial charge in [-0.1, -0.05) is 30.3 Å². The van der Waals surface area contributed by atoms with Gasteiger partial charge in [-0.3, -0.25) is 4.79 Å². The van der Waals surface area contributed by atoms with Crippen molar-refractivity contribution in [2.24, 2.45) is 5.73 Å². The summed E-state index contributed by atoms with van der Waals surface area (Å²) in [6.07, 6.45) is 0. The number of H-pyrrole nitrogens is 1. The summed E-state index contributed by atoms with van der Waals surface area (Å²) < 4.78 is 16.0. The number of aromatic amines is 1. The molecule has 5 N–H and O–H groups in total. The SMILES string of the molecule is CC(C)(O)CNc1cc(-n2c3ccccc3c3c(-c4nc5ccc(F)cc5[nH]4)cccc32)ccc1C(N)=O. The van der Waals surface area contributed by atoms with Crippen molar-refractivity contribution in [3.05, 3.63) is 90.2 Å². The highest BCUT2D eigenvalue weighted by molar-refractivity contribution is 6.15. The molecule has 0 radical (unpaired) electrons. The average molecular weight is 508 g/mol. The van der Waals surface area contributed by atoms with Gasteiger partial charge in [0.1, 0.15) is 11.6 Å². The molecule has 2 heterocycles. The Bertz CT molecular complexity index is 1860. The van der Waals surface area contributed by atoms with Crippen LogP contribution in [-0.2, 0) is 0 Å². The number of benzene rings is 4. The van der Waals surface area contributed by atoms with Gasteiger partial charge in [0.05, 0.1) is 33.2 Å². The Balaban J connectivity index is 1.59. The highest BCUT2D eigenvalue weighted by Crippen LogP contribution is 2.38. The Kier molecular flexibility index (Phi) is 5.43. The number of aromatic nitrogens is 3. The lowest BCUT2D eigenvalue weighted by atomic mass is 10.1. The summed E-state index contributed by atoms with van der Waals surface area (Å²) in [6.45, 7) is 3.62. The zero-order valence-electron chi connectivity index (χ0n) is 20.9. The fourth-order valence-corrected chi connectivity index (χ4v) is 4.95. The number of hydrogen-bond acceptors (Lipinski definition) is 4. The van der Waals surface area contributed by atoms with Crippen molar-refractivity contribution >= 4 is 44.4 Å². The topological polar surface area (TPSA) is 109 Å². The molecule has 0 saturated carbocycles. The summed E-state index contributed by atoms with van der Waals surface area (Å²) in [5, 5.41) is 15.4. The lowest BCUT2D eigenvalue weighted by Gasteiger charge is -2.20. The first kappa shape index (κ1) is 23.7. The second kappa shape index (κ2) is 8.71. The van der Waals surface area contributed by atoms with Gasteiger partial charge in [-0.2, -0.15) is 0 Å². The van der Waals surface area contributed by atoms with Gasteiger partial charge >= 0.3 is 0 Å². The van der Waals surface area contributed by atoms with E-state index in [-0.39, 0.29) is 12.4 Å². The summed E-state index contributed by atoms with van der Waals surface area (Å²) >= 11 is 0. The number of carbonyl (C=O) groups is 1. The Labute approximate surface area is 217 Å². The molecule has 0 unspecified atom stereocenters. The molecule has 0 atom stereocenters. The van der Waals surface area contributed by atoms with E-state index in [0.717, 1.165) is 33.1 Å². The maximum atomic E-state index is 13.8. The summed E-state index contributed by atoms with van der Waals surface area (Å²) in [5.41, 5.74) is 10.5. The number of nitrogens with zero attached hydrogens (tertiary/aromatic N) is 2. The van der Waals surface area contributed by atoms with Gasteiger partial charge in [-0.05, 0) is 62.4 Å². The minimum atomic E-state index is -0.984. The summed E-state index contributed by atoms with van der Waals surface area (Å²) in [6, 6.07) is 24.0. The van der Waals surface area contributed by atoms with Crippen LogP contribution in [0.15, 0.2) is 78.9 Å². The van der Waals surface area contributed by atoms with Crippen LogP contribution >= 0.6 is 0 Å². The van der Waals surface area contributed by atoms with Crippen molar-refractivity contribution < 1.29 is 14.3 Å². The number of imidazole rings is 1. The highest BCUT2D eigenvalue weighted by atomic mass is 19.1.